The monoisotopic (exact) mass is 499 g/mol. The van der Waals surface area contributed by atoms with E-state index in [0.717, 1.165) is 76.7 Å². The zero-order chi connectivity index (χ0) is 23.9. The van der Waals surface area contributed by atoms with Gasteiger partial charge in [-0.15, -0.1) is 10.2 Å². The molecule has 3 atom stereocenters. The SMILES string of the molecule is Fc1ccc(Cl)c(-c2nnc(O[C@@H]3C[C@@H]4CN(CC5CCOCC5)C[C@@H]4C3)cc2C(F)(F)F)c1. The summed E-state index contributed by atoms with van der Waals surface area (Å²) in [5.41, 5.74) is -1.73. The van der Waals surface area contributed by atoms with Crippen LogP contribution in [0.1, 0.15) is 31.2 Å². The van der Waals surface area contributed by atoms with Crippen LogP contribution in [0.15, 0.2) is 24.3 Å². The summed E-state index contributed by atoms with van der Waals surface area (Å²) in [6.07, 6.45) is -1.14. The molecular formula is C24H26ClF4N3O2. The first kappa shape index (κ1) is 23.8. The molecular weight excluding hydrogens is 474 g/mol. The van der Waals surface area contributed by atoms with E-state index in [4.69, 9.17) is 21.1 Å². The van der Waals surface area contributed by atoms with Gasteiger partial charge in [0.2, 0.25) is 5.88 Å². The number of ether oxygens (including phenoxy) is 2. The minimum atomic E-state index is -4.73. The van der Waals surface area contributed by atoms with Crippen LogP contribution < -0.4 is 4.74 Å². The Balaban J connectivity index is 1.26. The van der Waals surface area contributed by atoms with Crippen LogP contribution >= 0.6 is 11.6 Å². The van der Waals surface area contributed by atoms with Crippen molar-refractivity contribution in [2.45, 2.75) is 38.0 Å². The summed E-state index contributed by atoms with van der Waals surface area (Å²) in [6.45, 7) is 4.77. The van der Waals surface area contributed by atoms with E-state index < -0.39 is 23.3 Å². The summed E-state index contributed by atoms with van der Waals surface area (Å²) in [4.78, 5) is 2.51. The first-order valence-corrected chi connectivity index (χ1v) is 12.0. The third-order valence-electron chi connectivity index (χ3n) is 7.19. The van der Waals surface area contributed by atoms with Crippen molar-refractivity contribution >= 4 is 11.6 Å². The van der Waals surface area contributed by atoms with E-state index in [1.54, 1.807) is 0 Å². The maximum Gasteiger partial charge on any atom is 0.418 e. The molecule has 10 heteroatoms. The molecule has 2 saturated heterocycles. The molecule has 5 nitrogen and oxygen atoms in total. The number of fused-ring (bicyclic) bond motifs is 1. The van der Waals surface area contributed by atoms with E-state index in [1.807, 2.05) is 0 Å². The van der Waals surface area contributed by atoms with Crippen LogP contribution in [0.4, 0.5) is 17.6 Å². The second-order valence-electron chi connectivity index (χ2n) is 9.57. The Kier molecular flexibility index (Phi) is 6.70. The Morgan fingerprint density at radius 3 is 2.44 bits per heavy atom. The fraction of sp³-hybridized carbons (Fsp3) is 0.583. The number of rotatable bonds is 5. The lowest BCUT2D eigenvalue weighted by molar-refractivity contribution is -0.137. The number of benzene rings is 1. The molecule has 184 valence electrons. The van der Waals surface area contributed by atoms with Crippen LogP contribution in [0.2, 0.25) is 5.02 Å². The van der Waals surface area contributed by atoms with E-state index in [1.165, 1.54) is 6.07 Å². The summed E-state index contributed by atoms with van der Waals surface area (Å²) < 4.78 is 66.4. The molecule has 1 aromatic heterocycles. The van der Waals surface area contributed by atoms with Gasteiger partial charge >= 0.3 is 6.18 Å². The largest absolute Gasteiger partial charge is 0.473 e. The normalized spacial score (nSPS) is 26.1. The van der Waals surface area contributed by atoms with Gasteiger partial charge in [-0.25, -0.2) is 4.39 Å². The van der Waals surface area contributed by atoms with Crippen molar-refractivity contribution in [3.8, 4) is 17.1 Å². The van der Waals surface area contributed by atoms with Gasteiger partial charge < -0.3 is 14.4 Å². The highest BCUT2D eigenvalue weighted by molar-refractivity contribution is 6.33. The van der Waals surface area contributed by atoms with Gasteiger partial charge in [0.05, 0.1) is 10.6 Å². The van der Waals surface area contributed by atoms with Gasteiger partial charge in [-0.3, -0.25) is 0 Å². The van der Waals surface area contributed by atoms with Crippen LogP contribution in [0.5, 0.6) is 5.88 Å². The number of alkyl halides is 3. The van der Waals surface area contributed by atoms with Crippen LogP contribution in [0.25, 0.3) is 11.3 Å². The van der Waals surface area contributed by atoms with Crippen molar-refractivity contribution in [3.63, 3.8) is 0 Å². The smallest absolute Gasteiger partial charge is 0.418 e. The topological polar surface area (TPSA) is 47.5 Å². The zero-order valence-electron chi connectivity index (χ0n) is 18.5. The van der Waals surface area contributed by atoms with Crippen LogP contribution in [-0.4, -0.2) is 54.0 Å². The first-order valence-electron chi connectivity index (χ1n) is 11.6. The number of aromatic nitrogens is 2. The molecule has 3 fully saturated rings. The molecule has 0 unspecified atom stereocenters. The van der Waals surface area contributed by atoms with Gasteiger partial charge in [0, 0.05) is 44.5 Å². The zero-order valence-corrected chi connectivity index (χ0v) is 19.3. The number of hydrogen-bond acceptors (Lipinski definition) is 5. The Morgan fingerprint density at radius 2 is 1.76 bits per heavy atom. The molecule has 1 aromatic carbocycles. The Hall–Kier alpha value is -1.97. The predicted molar refractivity (Wildman–Crippen MR) is 118 cm³/mol. The molecule has 1 aliphatic carbocycles. The highest BCUT2D eigenvalue weighted by atomic mass is 35.5. The van der Waals surface area contributed by atoms with E-state index in [9.17, 15) is 17.6 Å². The Labute approximate surface area is 200 Å². The van der Waals surface area contributed by atoms with Crippen molar-refractivity contribution < 1.29 is 27.0 Å². The van der Waals surface area contributed by atoms with Crippen molar-refractivity contribution in [1.82, 2.24) is 15.1 Å². The van der Waals surface area contributed by atoms with E-state index in [0.29, 0.717) is 17.8 Å². The number of hydrogen-bond donors (Lipinski definition) is 0. The third-order valence-corrected chi connectivity index (χ3v) is 7.52. The van der Waals surface area contributed by atoms with Crippen LogP contribution in [-0.2, 0) is 10.9 Å². The van der Waals surface area contributed by atoms with Crippen LogP contribution in [0, 0.1) is 23.6 Å². The second kappa shape index (κ2) is 9.59. The van der Waals surface area contributed by atoms with E-state index >= 15 is 0 Å². The lowest BCUT2D eigenvalue weighted by atomic mass is 10.00. The molecule has 3 heterocycles. The quantitative estimate of drug-likeness (QED) is 0.510. The fourth-order valence-electron chi connectivity index (χ4n) is 5.58. The minimum absolute atomic E-state index is 0.0382. The lowest BCUT2D eigenvalue weighted by Crippen LogP contribution is -2.32. The lowest BCUT2D eigenvalue weighted by Gasteiger charge is -2.27. The number of likely N-dealkylation sites (tertiary alicyclic amines) is 1. The summed E-state index contributed by atoms with van der Waals surface area (Å²) in [5.74, 6) is 0.752. The van der Waals surface area contributed by atoms with Crippen molar-refractivity contribution in [1.29, 1.82) is 0 Å². The highest BCUT2D eigenvalue weighted by Crippen LogP contribution is 2.42. The summed E-state index contributed by atoms with van der Waals surface area (Å²) in [5, 5.41) is 7.58. The molecule has 0 amide bonds. The fourth-order valence-corrected chi connectivity index (χ4v) is 5.78. The van der Waals surface area contributed by atoms with Crippen molar-refractivity contribution in [2.24, 2.45) is 17.8 Å². The number of nitrogens with zero attached hydrogens (tertiary/aromatic N) is 3. The van der Waals surface area contributed by atoms with Gasteiger partial charge in [-0.2, -0.15) is 13.2 Å². The summed E-state index contributed by atoms with van der Waals surface area (Å²) >= 11 is 6.01. The average molecular weight is 500 g/mol. The van der Waals surface area contributed by atoms with Gasteiger partial charge in [0.15, 0.2) is 0 Å². The third kappa shape index (κ3) is 5.16. The second-order valence-corrected chi connectivity index (χ2v) is 9.98. The molecule has 0 spiro atoms. The number of halogens is 5. The van der Waals surface area contributed by atoms with E-state index in [-0.39, 0.29) is 22.6 Å². The standard InChI is InChI=1S/C24H26ClF4N3O2/c25-21-2-1-17(26)9-19(21)23-20(24(27,28)29)10-22(30-31-23)34-18-7-15-12-32(13-16(15)8-18)11-14-3-5-33-6-4-14/h1-2,9-10,14-16,18H,3-8,11-13H2/t15-,16+,18-. The molecule has 0 radical (unpaired) electrons. The van der Waals surface area contributed by atoms with Gasteiger partial charge in [-0.05, 0) is 61.6 Å². The first-order chi connectivity index (χ1) is 16.3. The van der Waals surface area contributed by atoms with Gasteiger partial charge in [-0.1, -0.05) is 11.6 Å². The Morgan fingerprint density at radius 1 is 1.06 bits per heavy atom. The molecule has 3 aliphatic rings. The Bertz CT molecular complexity index is 1020. The molecule has 5 rings (SSSR count). The molecule has 1 saturated carbocycles. The molecule has 34 heavy (non-hydrogen) atoms. The van der Waals surface area contributed by atoms with Crippen molar-refractivity contribution in [3.05, 3.63) is 40.7 Å². The van der Waals surface area contributed by atoms with E-state index in [2.05, 4.69) is 15.1 Å². The molecule has 0 N–H and O–H groups in total. The van der Waals surface area contributed by atoms with Gasteiger partial charge in [0.1, 0.15) is 17.6 Å². The predicted octanol–water partition coefficient (Wildman–Crippen LogP) is 5.47. The average Bonchev–Trinajstić information content (AvgIpc) is 3.33. The maximum absolute atomic E-state index is 13.8. The summed E-state index contributed by atoms with van der Waals surface area (Å²) in [7, 11) is 0. The minimum Gasteiger partial charge on any atom is -0.473 e. The highest BCUT2D eigenvalue weighted by Gasteiger charge is 2.43. The van der Waals surface area contributed by atoms with Crippen LogP contribution in [0.3, 0.4) is 0 Å². The van der Waals surface area contributed by atoms with Crippen molar-refractivity contribution in [2.75, 3.05) is 32.8 Å². The van der Waals surface area contributed by atoms with Gasteiger partial charge in [0.25, 0.3) is 0 Å². The summed E-state index contributed by atoms with van der Waals surface area (Å²) in [6, 6.07) is 4.04. The molecule has 2 aliphatic heterocycles. The molecule has 0 bridgehead atoms. The maximum atomic E-state index is 13.8. The molecule has 2 aromatic rings.